The molecule has 1 saturated heterocycles. The predicted octanol–water partition coefficient (Wildman–Crippen LogP) is 0.520. The molecule has 8 heteroatoms. The highest BCUT2D eigenvalue weighted by molar-refractivity contribution is 7.87. The van der Waals surface area contributed by atoms with E-state index in [1.165, 1.54) is 0 Å². The van der Waals surface area contributed by atoms with Gasteiger partial charge < -0.3 is 10.8 Å². The number of nitrogens with zero attached hydrogens (tertiary/aromatic N) is 2. The van der Waals surface area contributed by atoms with E-state index >= 15 is 0 Å². The van der Waals surface area contributed by atoms with Gasteiger partial charge in [0.05, 0.1) is 13.1 Å². The molecular weight excluding hydrogens is 342 g/mol. The number of carbonyl (C=O) groups is 1. The van der Waals surface area contributed by atoms with E-state index in [4.69, 9.17) is 5.73 Å². The minimum absolute atomic E-state index is 0.101. The van der Waals surface area contributed by atoms with Crippen LogP contribution >= 0.6 is 0 Å². The average molecular weight is 361 g/mol. The molecule has 3 N–H and O–H groups in total. The summed E-state index contributed by atoms with van der Waals surface area (Å²) in [5.41, 5.74) is 7.95. The van der Waals surface area contributed by atoms with Crippen LogP contribution in [-0.2, 0) is 21.5 Å². The number of carbonyl (C=O) groups excluding carboxylic acids is 1. The summed E-state index contributed by atoms with van der Waals surface area (Å²) in [7, 11) is -3.92. The lowest BCUT2D eigenvalue weighted by Gasteiger charge is -2.18. The van der Waals surface area contributed by atoms with Gasteiger partial charge in [-0.2, -0.15) is 17.0 Å². The smallest absolute Gasteiger partial charge is 0.285 e. The van der Waals surface area contributed by atoms with Crippen molar-refractivity contribution in [2.45, 2.75) is 12.8 Å². The first-order valence-corrected chi connectivity index (χ1v) is 9.15. The molecule has 0 aliphatic carbocycles. The van der Waals surface area contributed by atoms with Crippen molar-refractivity contribution in [3.05, 3.63) is 60.2 Å². The van der Waals surface area contributed by atoms with Gasteiger partial charge in [-0.05, 0) is 16.7 Å². The summed E-state index contributed by atoms with van der Waals surface area (Å²) >= 11 is 0. The number of aliphatic hydroxyl groups excluding tert-OH is 1. The molecule has 1 amide bonds. The van der Waals surface area contributed by atoms with E-state index in [1.54, 1.807) is 0 Å². The summed E-state index contributed by atoms with van der Waals surface area (Å²) in [5.74, 6) is -0.809. The van der Waals surface area contributed by atoms with Crippen molar-refractivity contribution in [1.29, 1.82) is 0 Å². The van der Waals surface area contributed by atoms with Crippen LogP contribution in [0.3, 0.4) is 0 Å². The topological polar surface area (TPSA) is 104 Å². The standard InChI is InChI=1S/C17H19N3O4S/c18-16(21)11-20-17(22)12-19(25(20,23)24)10-13-6-8-15(9-7-13)14-4-2-1-3-5-14/h1-9,17,22H,10-12H2,(H2,18,21). The zero-order chi connectivity index (χ0) is 18.0. The Kier molecular flexibility index (Phi) is 4.87. The highest BCUT2D eigenvalue weighted by atomic mass is 32.2. The Morgan fingerprint density at radius 3 is 2.28 bits per heavy atom. The van der Waals surface area contributed by atoms with Crippen molar-refractivity contribution < 1.29 is 18.3 Å². The summed E-state index contributed by atoms with van der Waals surface area (Å²) in [6.45, 7) is -0.521. The van der Waals surface area contributed by atoms with Crippen molar-refractivity contribution in [2.24, 2.45) is 5.73 Å². The Hall–Kier alpha value is -2.26. The number of amides is 1. The molecule has 0 bridgehead atoms. The van der Waals surface area contributed by atoms with Crippen LogP contribution in [0.2, 0.25) is 0 Å². The van der Waals surface area contributed by atoms with E-state index in [0.29, 0.717) is 4.31 Å². The summed E-state index contributed by atoms with van der Waals surface area (Å²) in [6, 6.07) is 17.4. The molecule has 2 aromatic carbocycles. The first kappa shape index (κ1) is 17.6. The molecule has 1 aliphatic rings. The third kappa shape index (κ3) is 3.72. The normalized spacial score (nSPS) is 20.6. The first-order valence-electron chi connectivity index (χ1n) is 7.75. The van der Waals surface area contributed by atoms with Gasteiger partial charge in [-0.15, -0.1) is 0 Å². The number of primary amides is 1. The molecule has 1 atom stereocenters. The fraction of sp³-hybridized carbons (Fsp3) is 0.235. The van der Waals surface area contributed by atoms with Crippen molar-refractivity contribution in [1.82, 2.24) is 8.61 Å². The third-order valence-electron chi connectivity index (χ3n) is 4.05. The van der Waals surface area contributed by atoms with Gasteiger partial charge in [0.2, 0.25) is 5.91 Å². The molecule has 0 saturated carbocycles. The molecule has 1 fully saturated rings. The summed E-state index contributed by atoms with van der Waals surface area (Å²) in [5, 5.41) is 9.91. The number of hydrogen-bond donors (Lipinski definition) is 2. The minimum Gasteiger partial charge on any atom is -0.376 e. The van der Waals surface area contributed by atoms with Crippen LogP contribution in [0, 0.1) is 0 Å². The van der Waals surface area contributed by atoms with E-state index in [1.807, 2.05) is 54.6 Å². The number of nitrogens with two attached hydrogens (primary N) is 1. The lowest BCUT2D eigenvalue weighted by molar-refractivity contribution is -0.119. The van der Waals surface area contributed by atoms with Crippen LogP contribution in [0.1, 0.15) is 5.56 Å². The van der Waals surface area contributed by atoms with Gasteiger partial charge in [0.1, 0.15) is 6.23 Å². The zero-order valence-electron chi connectivity index (χ0n) is 13.4. The fourth-order valence-corrected chi connectivity index (χ4v) is 4.39. The van der Waals surface area contributed by atoms with Crippen molar-refractivity contribution >= 4 is 16.1 Å². The highest BCUT2D eigenvalue weighted by Gasteiger charge is 2.43. The van der Waals surface area contributed by atoms with Crippen LogP contribution in [0.4, 0.5) is 0 Å². The molecule has 3 rings (SSSR count). The van der Waals surface area contributed by atoms with Crippen molar-refractivity contribution in [2.75, 3.05) is 13.1 Å². The first-order chi connectivity index (χ1) is 11.9. The fourth-order valence-electron chi connectivity index (χ4n) is 2.79. The second-order valence-corrected chi connectivity index (χ2v) is 7.74. The van der Waals surface area contributed by atoms with Crippen LogP contribution < -0.4 is 5.73 Å². The van der Waals surface area contributed by atoms with E-state index in [9.17, 15) is 18.3 Å². The summed E-state index contributed by atoms with van der Waals surface area (Å²) in [6.07, 6.45) is -1.28. The Labute approximate surface area is 146 Å². The maximum Gasteiger partial charge on any atom is 0.285 e. The van der Waals surface area contributed by atoms with Crippen LogP contribution in [-0.4, -0.2) is 47.4 Å². The zero-order valence-corrected chi connectivity index (χ0v) is 14.3. The van der Waals surface area contributed by atoms with E-state index < -0.39 is 28.9 Å². The SMILES string of the molecule is NC(=O)CN1C(O)CN(Cc2ccc(-c3ccccc3)cc2)S1(=O)=O. The molecule has 1 unspecified atom stereocenters. The molecule has 0 spiro atoms. The number of aliphatic hydroxyl groups is 1. The second kappa shape index (κ2) is 6.93. The number of benzene rings is 2. The molecule has 7 nitrogen and oxygen atoms in total. The van der Waals surface area contributed by atoms with Crippen LogP contribution in [0.5, 0.6) is 0 Å². The van der Waals surface area contributed by atoms with Crippen molar-refractivity contribution in [3.8, 4) is 11.1 Å². The predicted molar refractivity (Wildman–Crippen MR) is 93.1 cm³/mol. The Bertz CT molecular complexity index is 853. The molecule has 2 aromatic rings. The Morgan fingerprint density at radius 2 is 1.68 bits per heavy atom. The lowest BCUT2D eigenvalue weighted by atomic mass is 10.0. The van der Waals surface area contributed by atoms with Gasteiger partial charge in [0.15, 0.2) is 0 Å². The Morgan fingerprint density at radius 1 is 1.08 bits per heavy atom. The number of hydrogen-bond acceptors (Lipinski definition) is 4. The van der Waals surface area contributed by atoms with Crippen molar-refractivity contribution in [3.63, 3.8) is 0 Å². The third-order valence-corrected chi connectivity index (χ3v) is 5.95. The van der Waals surface area contributed by atoms with E-state index in [2.05, 4.69) is 0 Å². The Balaban J connectivity index is 1.75. The second-order valence-electron chi connectivity index (χ2n) is 5.86. The summed E-state index contributed by atoms with van der Waals surface area (Å²) in [4.78, 5) is 11.0. The van der Waals surface area contributed by atoms with Crippen LogP contribution in [0.25, 0.3) is 11.1 Å². The van der Waals surface area contributed by atoms with Gasteiger partial charge >= 0.3 is 0 Å². The van der Waals surface area contributed by atoms with Gasteiger partial charge in [0, 0.05) is 6.54 Å². The van der Waals surface area contributed by atoms with Gasteiger partial charge in [-0.1, -0.05) is 54.6 Å². The highest BCUT2D eigenvalue weighted by Crippen LogP contribution is 2.24. The summed E-state index contributed by atoms with van der Waals surface area (Å²) < 4.78 is 26.7. The average Bonchev–Trinajstić information content (AvgIpc) is 2.79. The lowest BCUT2D eigenvalue weighted by Crippen LogP contribution is -2.41. The molecule has 132 valence electrons. The quantitative estimate of drug-likeness (QED) is 0.810. The number of rotatable bonds is 5. The molecule has 25 heavy (non-hydrogen) atoms. The molecule has 0 aromatic heterocycles. The molecule has 1 heterocycles. The monoisotopic (exact) mass is 361 g/mol. The van der Waals surface area contributed by atoms with Gasteiger partial charge in [-0.3, -0.25) is 4.79 Å². The largest absolute Gasteiger partial charge is 0.376 e. The van der Waals surface area contributed by atoms with E-state index in [0.717, 1.165) is 21.0 Å². The molecule has 0 radical (unpaired) electrons. The number of β-amino-alcohol motifs (C(OH)–C–C–N with tert-alkyl or cyclic N) is 1. The van der Waals surface area contributed by atoms with Crippen LogP contribution in [0.15, 0.2) is 54.6 Å². The molecular formula is C17H19N3O4S. The maximum absolute atomic E-state index is 12.4. The maximum atomic E-state index is 12.4. The van der Waals surface area contributed by atoms with E-state index in [-0.39, 0.29) is 13.1 Å². The molecule has 1 aliphatic heterocycles. The minimum atomic E-state index is -3.92. The van der Waals surface area contributed by atoms with Gasteiger partial charge in [0.25, 0.3) is 10.2 Å². The van der Waals surface area contributed by atoms with Gasteiger partial charge in [-0.25, -0.2) is 0 Å².